The molecule has 4 rings (SSSR count). The standard InChI is InChI=1S/C26H36N4O4/c1-18-8-6-9-21(16-18)30-22(10-7-14-27-26(32)33-3)17-23(28-30)19(2)29(20-12-13-20)25(31)24-11-4-5-15-34-24/h6,8-9,16-17,19-20,24H,4-5,7,10-15H2,1-3H3,(H,27,32)/t19-,24-/m1/s1. The van der Waals surface area contributed by atoms with Gasteiger partial charge in [-0.15, -0.1) is 0 Å². The maximum atomic E-state index is 13.4. The van der Waals surface area contributed by atoms with Gasteiger partial charge in [0.15, 0.2) is 0 Å². The van der Waals surface area contributed by atoms with Crippen LogP contribution in [0.1, 0.15) is 68.4 Å². The average molecular weight is 469 g/mol. The molecule has 2 fully saturated rings. The smallest absolute Gasteiger partial charge is 0.406 e. The zero-order valence-corrected chi connectivity index (χ0v) is 20.5. The molecule has 1 N–H and O–H groups in total. The molecule has 1 aliphatic carbocycles. The number of amides is 2. The van der Waals surface area contributed by atoms with Crippen LogP contribution < -0.4 is 5.32 Å². The largest absolute Gasteiger partial charge is 0.453 e. The number of carbonyl (C=O) groups is 2. The van der Waals surface area contributed by atoms with Crippen LogP contribution in [0.3, 0.4) is 0 Å². The van der Waals surface area contributed by atoms with E-state index < -0.39 is 6.09 Å². The van der Waals surface area contributed by atoms with E-state index in [1.807, 2.05) is 21.7 Å². The summed E-state index contributed by atoms with van der Waals surface area (Å²) in [4.78, 5) is 26.8. The van der Waals surface area contributed by atoms with E-state index in [1.54, 1.807) is 0 Å². The van der Waals surface area contributed by atoms with Gasteiger partial charge in [0.25, 0.3) is 5.91 Å². The third-order valence-electron chi connectivity index (χ3n) is 6.61. The van der Waals surface area contributed by atoms with Gasteiger partial charge in [-0.1, -0.05) is 12.1 Å². The number of benzene rings is 1. The third kappa shape index (κ3) is 5.78. The van der Waals surface area contributed by atoms with Crippen LogP contribution in [0.2, 0.25) is 0 Å². The summed E-state index contributed by atoms with van der Waals surface area (Å²) in [6.07, 6.45) is 5.66. The molecule has 2 amide bonds. The van der Waals surface area contributed by atoms with Crippen molar-refractivity contribution in [3.05, 3.63) is 47.3 Å². The molecule has 2 aliphatic rings. The van der Waals surface area contributed by atoms with E-state index in [0.29, 0.717) is 13.2 Å². The maximum absolute atomic E-state index is 13.4. The summed E-state index contributed by atoms with van der Waals surface area (Å²) in [6, 6.07) is 10.5. The minimum Gasteiger partial charge on any atom is -0.453 e. The van der Waals surface area contributed by atoms with E-state index in [9.17, 15) is 9.59 Å². The van der Waals surface area contributed by atoms with Crippen molar-refractivity contribution >= 4 is 12.0 Å². The van der Waals surface area contributed by atoms with Crippen LogP contribution in [0.4, 0.5) is 4.79 Å². The van der Waals surface area contributed by atoms with Gasteiger partial charge in [0.2, 0.25) is 0 Å². The zero-order chi connectivity index (χ0) is 24.1. The Labute approximate surface area is 201 Å². The number of ether oxygens (including phenoxy) is 2. The summed E-state index contributed by atoms with van der Waals surface area (Å²) < 4.78 is 12.5. The number of nitrogens with zero attached hydrogens (tertiary/aromatic N) is 3. The number of aryl methyl sites for hydroxylation is 2. The first-order valence-electron chi connectivity index (χ1n) is 12.4. The van der Waals surface area contributed by atoms with E-state index in [0.717, 1.165) is 67.6 Å². The maximum Gasteiger partial charge on any atom is 0.406 e. The van der Waals surface area contributed by atoms with E-state index in [-0.39, 0.29) is 24.1 Å². The molecule has 0 unspecified atom stereocenters. The highest BCUT2D eigenvalue weighted by Gasteiger charge is 2.40. The fourth-order valence-electron chi connectivity index (χ4n) is 4.62. The number of hydrogen-bond acceptors (Lipinski definition) is 5. The first-order valence-corrected chi connectivity index (χ1v) is 12.4. The molecule has 1 saturated carbocycles. The van der Waals surface area contributed by atoms with Gasteiger partial charge in [0.05, 0.1) is 24.5 Å². The van der Waals surface area contributed by atoms with Crippen LogP contribution in [0.25, 0.3) is 5.69 Å². The van der Waals surface area contributed by atoms with Crippen LogP contribution in [0.5, 0.6) is 0 Å². The summed E-state index contributed by atoms with van der Waals surface area (Å²) >= 11 is 0. The fraction of sp³-hybridized carbons (Fsp3) is 0.577. The van der Waals surface area contributed by atoms with Crippen LogP contribution in [0, 0.1) is 6.92 Å². The molecule has 1 aliphatic heterocycles. The lowest BCUT2D eigenvalue weighted by Crippen LogP contribution is -2.44. The van der Waals surface area contributed by atoms with Crippen molar-refractivity contribution in [2.45, 2.75) is 77.0 Å². The van der Waals surface area contributed by atoms with Gasteiger partial charge in [-0.25, -0.2) is 9.48 Å². The molecular weight excluding hydrogens is 432 g/mol. The summed E-state index contributed by atoms with van der Waals surface area (Å²) in [5.74, 6) is 0.101. The monoisotopic (exact) mass is 468 g/mol. The number of methoxy groups -OCH3 is 1. The van der Waals surface area contributed by atoms with Crippen molar-refractivity contribution < 1.29 is 19.1 Å². The molecule has 2 aromatic rings. The number of alkyl carbamates (subject to hydrolysis) is 1. The lowest BCUT2D eigenvalue weighted by molar-refractivity contribution is -0.149. The summed E-state index contributed by atoms with van der Waals surface area (Å²) in [5, 5.41) is 7.72. The molecule has 8 heteroatoms. The van der Waals surface area contributed by atoms with Gasteiger partial charge in [-0.05, 0) is 82.6 Å². The Morgan fingerprint density at radius 1 is 1.26 bits per heavy atom. The van der Waals surface area contributed by atoms with Gasteiger partial charge in [-0.3, -0.25) is 4.79 Å². The van der Waals surface area contributed by atoms with Gasteiger partial charge < -0.3 is 19.7 Å². The highest BCUT2D eigenvalue weighted by Crippen LogP contribution is 2.36. The third-order valence-corrected chi connectivity index (χ3v) is 6.61. The fourth-order valence-corrected chi connectivity index (χ4v) is 4.62. The first kappa shape index (κ1) is 24.3. The molecule has 184 valence electrons. The second kappa shape index (κ2) is 11.0. The van der Waals surface area contributed by atoms with Gasteiger partial charge >= 0.3 is 6.09 Å². The Morgan fingerprint density at radius 2 is 2.09 bits per heavy atom. The van der Waals surface area contributed by atoms with Crippen molar-refractivity contribution in [3.63, 3.8) is 0 Å². The molecule has 2 heterocycles. The minimum absolute atomic E-state index is 0.101. The summed E-state index contributed by atoms with van der Waals surface area (Å²) in [5.41, 5.74) is 4.09. The van der Waals surface area contributed by atoms with Crippen molar-refractivity contribution in [2.24, 2.45) is 0 Å². The molecule has 0 radical (unpaired) electrons. The Balaban J connectivity index is 1.57. The Kier molecular flexibility index (Phi) is 7.88. The molecule has 1 aromatic carbocycles. The minimum atomic E-state index is -0.426. The van der Waals surface area contributed by atoms with Crippen LogP contribution in [0.15, 0.2) is 30.3 Å². The lowest BCUT2D eigenvalue weighted by Gasteiger charge is -2.33. The predicted octanol–water partition coefficient (Wildman–Crippen LogP) is 4.09. The normalized spacial score (nSPS) is 18.9. The number of rotatable bonds is 9. The van der Waals surface area contributed by atoms with E-state index >= 15 is 0 Å². The van der Waals surface area contributed by atoms with E-state index in [4.69, 9.17) is 9.84 Å². The Bertz CT molecular complexity index is 994. The number of carbonyl (C=O) groups excluding carboxylic acids is 2. The topological polar surface area (TPSA) is 85.7 Å². The van der Waals surface area contributed by atoms with Crippen LogP contribution in [-0.4, -0.2) is 59.1 Å². The molecular formula is C26H36N4O4. The van der Waals surface area contributed by atoms with Gasteiger partial charge in [0, 0.05) is 24.9 Å². The van der Waals surface area contributed by atoms with E-state index in [2.05, 4.69) is 42.1 Å². The molecule has 8 nitrogen and oxygen atoms in total. The second-order valence-electron chi connectivity index (χ2n) is 9.34. The second-order valence-corrected chi connectivity index (χ2v) is 9.34. The van der Waals surface area contributed by atoms with Crippen LogP contribution in [-0.2, 0) is 20.7 Å². The van der Waals surface area contributed by atoms with Gasteiger partial charge in [-0.2, -0.15) is 5.10 Å². The zero-order valence-electron chi connectivity index (χ0n) is 20.5. The van der Waals surface area contributed by atoms with Crippen molar-refractivity contribution in [3.8, 4) is 5.69 Å². The quantitative estimate of drug-likeness (QED) is 0.560. The first-order chi connectivity index (χ1) is 16.5. The Hall–Kier alpha value is -2.87. The van der Waals surface area contributed by atoms with Crippen molar-refractivity contribution in [1.82, 2.24) is 20.0 Å². The predicted molar refractivity (Wildman–Crippen MR) is 129 cm³/mol. The summed E-state index contributed by atoms with van der Waals surface area (Å²) in [7, 11) is 1.36. The number of aromatic nitrogens is 2. The highest BCUT2D eigenvalue weighted by molar-refractivity contribution is 5.82. The molecule has 34 heavy (non-hydrogen) atoms. The molecule has 1 saturated heterocycles. The van der Waals surface area contributed by atoms with Crippen molar-refractivity contribution in [1.29, 1.82) is 0 Å². The lowest BCUT2D eigenvalue weighted by atomic mass is 10.1. The number of hydrogen-bond donors (Lipinski definition) is 1. The molecule has 1 aromatic heterocycles. The SMILES string of the molecule is COC(=O)NCCCc1cc([C@@H](C)N(C(=O)[C@H]2CCCCO2)C2CC2)nn1-c1cccc(C)c1. The highest BCUT2D eigenvalue weighted by atomic mass is 16.5. The molecule has 2 atom stereocenters. The molecule has 0 spiro atoms. The van der Waals surface area contributed by atoms with Gasteiger partial charge in [0.1, 0.15) is 6.10 Å². The van der Waals surface area contributed by atoms with Crippen LogP contribution >= 0.6 is 0 Å². The average Bonchev–Trinajstić information content (AvgIpc) is 3.59. The van der Waals surface area contributed by atoms with Crippen molar-refractivity contribution in [2.75, 3.05) is 20.3 Å². The van der Waals surface area contributed by atoms with E-state index in [1.165, 1.54) is 7.11 Å². The summed E-state index contributed by atoms with van der Waals surface area (Å²) in [6.45, 7) is 5.32. The Morgan fingerprint density at radius 3 is 2.76 bits per heavy atom. The number of nitrogens with one attached hydrogen (secondary N) is 1. The molecule has 0 bridgehead atoms.